The van der Waals surface area contributed by atoms with Crippen molar-refractivity contribution in [3.8, 4) is 5.75 Å². The van der Waals surface area contributed by atoms with Crippen LogP contribution in [0.1, 0.15) is 43.4 Å². The molecule has 0 heterocycles. The maximum atomic E-state index is 10.9. The van der Waals surface area contributed by atoms with Gasteiger partial charge >= 0.3 is 5.97 Å². The monoisotopic (exact) mass is 262 g/mol. The van der Waals surface area contributed by atoms with Crippen LogP contribution in [0.15, 0.2) is 18.2 Å². The standard InChI is InChI=1S/C16H22O3/c1-5-7-19-14-8-11(3)16(12(4)9-14)13(6-2)10-15(17)18/h8-10H,5-7H2,1-4H3,(H,17,18)/b13-10+. The Morgan fingerprint density at radius 1 is 1.26 bits per heavy atom. The third-order valence-corrected chi connectivity index (χ3v) is 2.98. The van der Waals surface area contributed by atoms with E-state index in [0.29, 0.717) is 13.0 Å². The maximum Gasteiger partial charge on any atom is 0.328 e. The predicted octanol–water partition coefficient (Wildman–Crippen LogP) is 3.97. The molecule has 0 saturated carbocycles. The molecule has 0 atom stereocenters. The third kappa shape index (κ3) is 4.12. The fourth-order valence-corrected chi connectivity index (χ4v) is 2.23. The number of carboxylic acid groups (broad SMARTS) is 1. The SMILES string of the molecule is CCCOc1cc(C)c(/C(=C/C(=O)O)CC)c(C)c1. The zero-order valence-electron chi connectivity index (χ0n) is 12.1. The molecule has 0 unspecified atom stereocenters. The van der Waals surface area contributed by atoms with Crippen LogP contribution in [-0.4, -0.2) is 17.7 Å². The fourth-order valence-electron chi connectivity index (χ4n) is 2.23. The van der Waals surface area contributed by atoms with E-state index in [-0.39, 0.29) is 0 Å². The van der Waals surface area contributed by atoms with Crippen LogP contribution in [0.4, 0.5) is 0 Å². The highest BCUT2D eigenvalue weighted by Crippen LogP contribution is 2.29. The van der Waals surface area contributed by atoms with Gasteiger partial charge in [0, 0.05) is 6.08 Å². The predicted molar refractivity (Wildman–Crippen MR) is 77.6 cm³/mol. The highest BCUT2D eigenvalue weighted by molar-refractivity contribution is 5.91. The van der Waals surface area contributed by atoms with E-state index >= 15 is 0 Å². The number of allylic oxidation sites excluding steroid dienone is 1. The van der Waals surface area contributed by atoms with Gasteiger partial charge in [0.2, 0.25) is 0 Å². The lowest BCUT2D eigenvalue weighted by Crippen LogP contribution is -2.00. The molecule has 0 spiro atoms. The Balaban J connectivity index is 3.18. The maximum absolute atomic E-state index is 10.9. The molecule has 0 aromatic heterocycles. The molecule has 1 N–H and O–H groups in total. The molecular formula is C16H22O3. The van der Waals surface area contributed by atoms with Crippen molar-refractivity contribution in [1.82, 2.24) is 0 Å². The van der Waals surface area contributed by atoms with Gasteiger partial charge in [-0.3, -0.25) is 0 Å². The number of rotatable bonds is 6. The summed E-state index contributed by atoms with van der Waals surface area (Å²) in [7, 11) is 0. The van der Waals surface area contributed by atoms with Crippen molar-refractivity contribution >= 4 is 11.5 Å². The van der Waals surface area contributed by atoms with Crippen LogP contribution >= 0.6 is 0 Å². The topological polar surface area (TPSA) is 46.5 Å². The van der Waals surface area contributed by atoms with Crippen LogP contribution < -0.4 is 4.74 Å². The smallest absolute Gasteiger partial charge is 0.328 e. The first-order chi connectivity index (χ1) is 8.99. The zero-order valence-corrected chi connectivity index (χ0v) is 12.1. The molecule has 3 heteroatoms. The van der Waals surface area contributed by atoms with Crippen LogP contribution in [0, 0.1) is 13.8 Å². The summed E-state index contributed by atoms with van der Waals surface area (Å²) < 4.78 is 5.63. The summed E-state index contributed by atoms with van der Waals surface area (Å²) >= 11 is 0. The van der Waals surface area contributed by atoms with Crippen LogP contribution in [0.5, 0.6) is 5.75 Å². The first-order valence-corrected chi connectivity index (χ1v) is 6.67. The van der Waals surface area contributed by atoms with Crippen LogP contribution in [0.25, 0.3) is 5.57 Å². The van der Waals surface area contributed by atoms with Crippen molar-refractivity contribution in [1.29, 1.82) is 0 Å². The Hall–Kier alpha value is -1.77. The fraction of sp³-hybridized carbons (Fsp3) is 0.438. The van der Waals surface area contributed by atoms with Crippen molar-refractivity contribution in [3.63, 3.8) is 0 Å². The molecule has 19 heavy (non-hydrogen) atoms. The number of carboxylic acids is 1. The summed E-state index contributed by atoms with van der Waals surface area (Å²) in [6, 6.07) is 3.95. The first-order valence-electron chi connectivity index (χ1n) is 6.67. The largest absolute Gasteiger partial charge is 0.494 e. The van der Waals surface area contributed by atoms with Crippen LogP contribution in [0.3, 0.4) is 0 Å². The number of hydrogen-bond donors (Lipinski definition) is 1. The summed E-state index contributed by atoms with van der Waals surface area (Å²) in [5.74, 6) is -0.0478. The van der Waals surface area contributed by atoms with Gasteiger partial charge in [0.25, 0.3) is 0 Å². The first kappa shape index (κ1) is 15.3. The van der Waals surface area contributed by atoms with Crippen molar-refractivity contribution in [2.24, 2.45) is 0 Å². The highest BCUT2D eigenvalue weighted by Gasteiger charge is 2.10. The molecule has 0 amide bonds. The lowest BCUT2D eigenvalue weighted by Gasteiger charge is -2.15. The van der Waals surface area contributed by atoms with Gasteiger partial charge in [-0.05, 0) is 61.1 Å². The lowest BCUT2D eigenvalue weighted by atomic mass is 9.93. The normalized spacial score (nSPS) is 11.5. The number of ether oxygens (including phenoxy) is 1. The summed E-state index contributed by atoms with van der Waals surface area (Å²) in [4.78, 5) is 10.9. The Kier molecular flexibility index (Phi) is 5.61. The molecule has 0 fully saturated rings. The highest BCUT2D eigenvalue weighted by atomic mass is 16.5. The Labute approximate surface area is 114 Å². The number of hydrogen-bond acceptors (Lipinski definition) is 2. The van der Waals surface area contributed by atoms with Crippen molar-refractivity contribution in [2.75, 3.05) is 6.61 Å². The summed E-state index contributed by atoms with van der Waals surface area (Å²) in [6.07, 6.45) is 2.96. The molecule has 1 aromatic rings. The average molecular weight is 262 g/mol. The van der Waals surface area contributed by atoms with Gasteiger partial charge in [-0.1, -0.05) is 13.8 Å². The Morgan fingerprint density at radius 2 is 1.84 bits per heavy atom. The van der Waals surface area contributed by atoms with Gasteiger partial charge in [-0.25, -0.2) is 4.79 Å². The average Bonchev–Trinajstić information content (AvgIpc) is 2.33. The molecule has 0 radical (unpaired) electrons. The minimum atomic E-state index is -0.901. The Morgan fingerprint density at radius 3 is 2.26 bits per heavy atom. The van der Waals surface area contributed by atoms with Crippen LogP contribution in [0.2, 0.25) is 0 Å². The van der Waals surface area contributed by atoms with Gasteiger partial charge in [0.15, 0.2) is 0 Å². The van der Waals surface area contributed by atoms with E-state index in [4.69, 9.17) is 9.84 Å². The molecule has 0 aliphatic rings. The number of aryl methyl sites for hydroxylation is 2. The van der Waals surface area contributed by atoms with Crippen molar-refractivity contribution in [2.45, 2.75) is 40.5 Å². The lowest BCUT2D eigenvalue weighted by molar-refractivity contribution is -0.131. The molecule has 1 rings (SSSR count). The molecule has 0 aliphatic heterocycles. The van der Waals surface area contributed by atoms with E-state index < -0.39 is 5.97 Å². The molecule has 3 nitrogen and oxygen atoms in total. The second-order valence-corrected chi connectivity index (χ2v) is 4.64. The van der Waals surface area contributed by atoms with Crippen molar-refractivity contribution < 1.29 is 14.6 Å². The Bertz CT molecular complexity index is 464. The molecule has 0 aliphatic carbocycles. The molecule has 1 aromatic carbocycles. The second-order valence-electron chi connectivity index (χ2n) is 4.64. The van der Waals surface area contributed by atoms with E-state index in [9.17, 15) is 4.79 Å². The minimum Gasteiger partial charge on any atom is -0.494 e. The van der Waals surface area contributed by atoms with Gasteiger partial charge in [0.05, 0.1) is 6.61 Å². The number of aliphatic carboxylic acids is 1. The van der Waals surface area contributed by atoms with Crippen molar-refractivity contribution in [3.05, 3.63) is 34.9 Å². The zero-order chi connectivity index (χ0) is 14.4. The van der Waals surface area contributed by atoms with Crippen LogP contribution in [-0.2, 0) is 4.79 Å². The van der Waals surface area contributed by atoms with Gasteiger partial charge < -0.3 is 9.84 Å². The van der Waals surface area contributed by atoms with E-state index in [2.05, 4.69) is 6.92 Å². The van der Waals surface area contributed by atoms with E-state index in [0.717, 1.165) is 34.4 Å². The molecule has 104 valence electrons. The number of carbonyl (C=O) groups is 1. The summed E-state index contributed by atoms with van der Waals surface area (Å²) in [6.45, 7) is 8.72. The quantitative estimate of drug-likeness (QED) is 0.789. The van der Waals surface area contributed by atoms with E-state index in [1.165, 1.54) is 6.08 Å². The summed E-state index contributed by atoms with van der Waals surface area (Å²) in [5, 5.41) is 8.93. The summed E-state index contributed by atoms with van der Waals surface area (Å²) in [5.41, 5.74) is 3.99. The molecular weight excluding hydrogens is 240 g/mol. The van der Waals surface area contributed by atoms with Gasteiger partial charge in [-0.2, -0.15) is 0 Å². The number of benzene rings is 1. The molecule has 0 saturated heterocycles. The third-order valence-electron chi connectivity index (χ3n) is 2.98. The minimum absolute atomic E-state index is 0.698. The van der Waals surface area contributed by atoms with E-state index in [1.54, 1.807) is 0 Å². The molecule has 0 bridgehead atoms. The van der Waals surface area contributed by atoms with E-state index in [1.807, 2.05) is 32.9 Å². The second kappa shape index (κ2) is 6.98. The van der Waals surface area contributed by atoms with Gasteiger partial charge in [-0.15, -0.1) is 0 Å². The van der Waals surface area contributed by atoms with Gasteiger partial charge in [0.1, 0.15) is 5.75 Å².